The molecule has 0 bridgehead atoms. The minimum atomic E-state index is -0.824. The molecule has 0 aromatic rings. The summed E-state index contributed by atoms with van der Waals surface area (Å²) in [5, 5.41) is 8.56. The van der Waals surface area contributed by atoms with Crippen molar-refractivity contribution in [2.24, 2.45) is 11.8 Å². The van der Waals surface area contributed by atoms with Crippen LogP contribution < -0.4 is 0 Å². The molecule has 1 aliphatic carbocycles. The normalized spacial score (nSPS) is 32.0. The van der Waals surface area contributed by atoms with Gasteiger partial charge in [-0.25, -0.2) is 0 Å². The van der Waals surface area contributed by atoms with E-state index in [1.165, 1.54) is 0 Å². The van der Waals surface area contributed by atoms with Gasteiger partial charge >= 0.3 is 5.97 Å². The summed E-state index contributed by atoms with van der Waals surface area (Å²) in [7, 11) is 0. The van der Waals surface area contributed by atoms with Crippen LogP contribution in [0.15, 0.2) is 0 Å². The van der Waals surface area contributed by atoms with Gasteiger partial charge in [0.15, 0.2) is 0 Å². The quantitative estimate of drug-likeness (QED) is 0.577. The van der Waals surface area contributed by atoms with Gasteiger partial charge in [-0.2, -0.15) is 0 Å². The van der Waals surface area contributed by atoms with Gasteiger partial charge in [0, 0.05) is 5.92 Å². The lowest BCUT2D eigenvalue weighted by atomic mass is 9.98. The number of carboxylic acids is 1. The first-order chi connectivity index (χ1) is 4.75. The average molecular weight is 142 g/mol. The molecule has 0 aliphatic heterocycles. The summed E-state index contributed by atoms with van der Waals surface area (Å²) in [6, 6.07) is 0. The summed E-state index contributed by atoms with van der Waals surface area (Å²) in [6.45, 7) is 0. The van der Waals surface area contributed by atoms with Crippen LogP contribution >= 0.6 is 0 Å². The van der Waals surface area contributed by atoms with Crippen molar-refractivity contribution in [3.63, 3.8) is 0 Å². The molecule has 1 aliphatic rings. The summed E-state index contributed by atoms with van der Waals surface area (Å²) in [6.07, 6.45) is 3.06. The third-order valence-electron chi connectivity index (χ3n) is 2.06. The number of aliphatic carboxylic acids is 1. The zero-order chi connectivity index (χ0) is 7.56. The highest BCUT2D eigenvalue weighted by Crippen LogP contribution is 2.29. The predicted molar refractivity (Wildman–Crippen MR) is 34.5 cm³/mol. The summed E-state index contributed by atoms with van der Waals surface area (Å²) in [4.78, 5) is 20.7. The molecule has 56 valence electrons. The molecule has 0 aromatic carbocycles. The molecule has 0 heterocycles. The minimum absolute atomic E-state index is 0.225. The molecule has 2 unspecified atom stereocenters. The van der Waals surface area contributed by atoms with Crippen LogP contribution in [0, 0.1) is 11.8 Å². The maximum atomic E-state index is 10.4. The fraction of sp³-hybridized carbons (Fsp3) is 0.714. The molecule has 10 heavy (non-hydrogen) atoms. The van der Waals surface area contributed by atoms with Crippen LogP contribution in [0.5, 0.6) is 0 Å². The average Bonchev–Trinajstić information content (AvgIpc) is 2.33. The topological polar surface area (TPSA) is 54.4 Å². The molecule has 2 atom stereocenters. The van der Waals surface area contributed by atoms with Gasteiger partial charge in [0.2, 0.25) is 0 Å². The Morgan fingerprint density at radius 2 is 2.20 bits per heavy atom. The largest absolute Gasteiger partial charge is 0.481 e. The van der Waals surface area contributed by atoms with Crippen LogP contribution in [0.1, 0.15) is 19.3 Å². The highest BCUT2D eigenvalue weighted by Gasteiger charge is 2.32. The Morgan fingerprint density at radius 3 is 2.60 bits per heavy atom. The highest BCUT2D eigenvalue weighted by molar-refractivity contribution is 5.75. The van der Waals surface area contributed by atoms with Crippen LogP contribution in [0.25, 0.3) is 0 Å². The van der Waals surface area contributed by atoms with Crippen LogP contribution in [0.3, 0.4) is 0 Å². The lowest BCUT2D eigenvalue weighted by Gasteiger charge is -2.06. The molecule has 1 fully saturated rings. The summed E-state index contributed by atoms with van der Waals surface area (Å²) < 4.78 is 0. The van der Waals surface area contributed by atoms with E-state index in [0.717, 1.165) is 19.1 Å². The number of hydrogen-bond acceptors (Lipinski definition) is 2. The maximum Gasteiger partial charge on any atom is 0.307 e. The van der Waals surface area contributed by atoms with Crippen molar-refractivity contribution in [1.29, 1.82) is 0 Å². The van der Waals surface area contributed by atoms with E-state index in [1.54, 1.807) is 0 Å². The first-order valence-corrected chi connectivity index (χ1v) is 3.44. The van der Waals surface area contributed by atoms with E-state index in [1.807, 2.05) is 0 Å². The minimum Gasteiger partial charge on any atom is -0.481 e. The van der Waals surface area contributed by atoms with Gasteiger partial charge in [-0.15, -0.1) is 0 Å². The van der Waals surface area contributed by atoms with Gasteiger partial charge < -0.3 is 9.90 Å². The summed E-state index contributed by atoms with van der Waals surface area (Å²) >= 11 is 0. The van der Waals surface area contributed by atoms with E-state index < -0.39 is 11.9 Å². The molecule has 0 spiro atoms. The second-order valence-electron chi connectivity index (χ2n) is 2.68. The van der Waals surface area contributed by atoms with E-state index in [-0.39, 0.29) is 5.92 Å². The van der Waals surface area contributed by atoms with Crippen LogP contribution in [-0.4, -0.2) is 17.4 Å². The van der Waals surface area contributed by atoms with Gasteiger partial charge in [-0.1, -0.05) is 6.42 Å². The number of aldehydes is 1. The van der Waals surface area contributed by atoms with Crippen molar-refractivity contribution in [2.45, 2.75) is 19.3 Å². The summed E-state index contributed by atoms with van der Waals surface area (Å²) in [5.74, 6) is -1.45. The van der Waals surface area contributed by atoms with Crippen molar-refractivity contribution in [1.82, 2.24) is 0 Å². The Balaban J connectivity index is 2.58. The van der Waals surface area contributed by atoms with E-state index in [0.29, 0.717) is 6.42 Å². The molecule has 3 nitrogen and oxygen atoms in total. The molecule has 1 rings (SSSR count). The Bertz CT molecular complexity index is 153. The van der Waals surface area contributed by atoms with Crippen LogP contribution in [0.2, 0.25) is 0 Å². The molecule has 0 aromatic heterocycles. The van der Waals surface area contributed by atoms with Crippen molar-refractivity contribution >= 4 is 12.3 Å². The molecule has 0 amide bonds. The fourth-order valence-corrected chi connectivity index (χ4v) is 1.46. The molecule has 1 saturated carbocycles. The fourth-order valence-electron chi connectivity index (χ4n) is 1.46. The maximum absolute atomic E-state index is 10.4. The predicted octanol–water partition coefficient (Wildman–Crippen LogP) is 0.686. The highest BCUT2D eigenvalue weighted by atomic mass is 16.4. The van der Waals surface area contributed by atoms with Gasteiger partial charge in [0.25, 0.3) is 0 Å². The zero-order valence-corrected chi connectivity index (χ0v) is 5.62. The van der Waals surface area contributed by atoms with E-state index in [2.05, 4.69) is 0 Å². The third kappa shape index (κ3) is 1.17. The molecule has 1 N–H and O–H groups in total. The molecular weight excluding hydrogens is 132 g/mol. The summed E-state index contributed by atoms with van der Waals surface area (Å²) in [5.41, 5.74) is 0. The van der Waals surface area contributed by atoms with Crippen molar-refractivity contribution in [3.05, 3.63) is 0 Å². The number of rotatable bonds is 2. The van der Waals surface area contributed by atoms with Crippen molar-refractivity contribution in [3.8, 4) is 0 Å². The van der Waals surface area contributed by atoms with E-state index in [9.17, 15) is 9.59 Å². The number of carbonyl (C=O) groups excluding carboxylic acids is 1. The Morgan fingerprint density at radius 1 is 1.50 bits per heavy atom. The number of carbonyl (C=O) groups is 2. The standard InChI is InChI=1S/C7H10O3/c8-4-5-2-1-3-6(5)7(9)10/h4-6H,1-3H2,(H,9,10). The smallest absolute Gasteiger partial charge is 0.307 e. The number of hydrogen-bond donors (Lipinski definition) is 1. The Hall–Kier alpha value is -0.860. The van der Waals surface area contributed by atoms with E-state index in [4.69, 9.17) is 5.11 Å². The monoisotopic (exact) mass is 142 g/mol. The molecule has 0 radical (unpaired) electrons. The van der Waals surface area contributed by atoms with Gasteiger partial charge in [-0.05, 0) is 12.8 Å². The number of carboxylic acid groups (broad SMARTS) is 1. The van der Waals surface area contributed by atoms with Gasteiger partial charge in [-0.3, -0.25) is 4.79 Å². The second-order valence-corrected chi connectivity index (χ2v) is 2.68. The lowest BCUT2D eigenvalue weighted by molar-refractivity contribution is -0.144. The molecular formula is C7H10O3. The Labute approximate surface area is 59.0 Å². The third-order valence-corrected chi connectivity index (χ3v) is 2.06. The molecule has 0 saturated heterocycles. The van der Waals surface area contributed by atoms with Crippen LogP contribution in [-0.2, 0) is 9.59 Å². The van der Waals surface area contributed by atoms with Crippen molar-refractivity contribution < 1.29 is 14.7 Å². The first-order valence-electron chi connectivity index (χ1n) is 3.44. The molecule has 3 heteroatoms. The zero-order valence-electron chi connectivity index (χ0n) is 5.62. The van der Waals surface area contributed by atoms with E-state index >= 15 is 0 Å². The first kappa shape index (κ1) is 7.25. The van der Waals surface area contributed by atoms with Crippen molar-refractivity contribution in [2.75, 3.05) is 0 Å². The van der Waals surface area contributed by atoms with Gasteiger partial charge in [0.05, 0.1) is 5.92 Å². The second kappa shape index (κ2) is 2.82. The SMILES string of the molecule is O=CC1CCCC1C(=O)O. The van der Waals surface area contributed by atoms with Crippen LogP contribution in [0.4, 0.5) is 0 Å². The van der Waals surface area contributed by atoms with Gasteiger partial charge in [0.1, 0.15) is 6.29 Å². The lowest BCUT2D eigenvalue weighted by Crippen LogP contribution is -2.18. The Kier molecular flexibility index (Phi) is 2.04.